The van der Waals surface area contributed by atoms with Gasteiger partial charge in [0, 0.05) is 12.6 Å². The molecule has 1 heterocycles. The van der Waals surface area contributed by atoms with Crippen LogP contribution in [0.4, 0.5) is 0 Å². The zero-order chi connectivity index (χ0) is 27.4. The van der Waals surface area contributed by atoms with E-state index in [0.29, 0.717) is 46.2 Å². The zero-order valence-corrected chi connectivity index (χ0v) is 22.5. The minimum absolute atomic E-state index is 0.150. The molecule has 0 saturated heterocycles. The van der Waals surface area contributed by atoms with E-state index in [9.17, 15) is 14.5 Å². The quantitative estimate of drug-likeness (QED) is 0.245. The van der Waals surface area contributed by atoms with Crippen molar-refractivity contribution in [3.63, 3.8) is 0 Å². The Hall–Kier alpha value is -4.06. The van der Waals surface area contributed by atoms with Crippen LogP contribution >= 0.6 is 11.8 Å². The average molecular weight is 541 g/mol. The lowest BCUT2D eigenvalue weighted by atomic mass is 9.95. The summed E-state index contributed by atoms with van der Waals surface area (Å²) in [6.45, 7) is -0.150. The number of rotatable bonds is 9. The molecule has 0 bridgehead atoms. The maximum Gasteiger partial charge on any atom is 0.270 e. The number of carbonyl (C=O) groups is 1. The van der Waals surface area contributed by atoms with Gasteiger partial charge in [-0.05, 0) is 60.1 Å². The lowest BCUT2D eigenvalue weighted by molar-refractivity contribution is 0.0925. The molecule has 1 atom stereocenters. The highest BCUT2D eigenvalue weighted by Crippen LogP contribution is 2.50. The molecule has 11 nitrogen and oxygen atoms in total. The highest BCUT2D eigenvalue weighted by molar-refractivity contribution is 7.98. The largest absolute Gasteiger partial charge is 0.493 e. The zero-order valence-electron chi connectivity index (χ0n) is 21.7. The highest BCUT2D eigenvalue weighted by atomic mass is 32.2. The number of nitrogens with one attached hydrogen (secondary N) is 1. The molecule has 0 unspecified atom stereocenters. The van der Waals surface area contributed by atoms with Crippen molar-refractivity contribution in [1.29, 1.82) is 0 Å². The number of benzene rings is 1. The van der Waals surface area contributed by atoms with Gasteiger partial charge in [0.1, 0.15) is 11.4 Å². The minimum atomic E-state index is -0.507. The number of carbonyl (C=O) groups excluding carboxylic acids is 1. The number of methoxy groups -OCH3 is 3. The Morgan fingerprint density at radius 3 is 2.58 bits per heavy atom. The van der Waals surface area contributed by atoms with Crippen molar-refractivity contribution in [2.75, 3.05) is 27.6 Å². The average Bonchev–Trinajstić information content (AvgIpc) is 3.13. The fourth-order valence-electron chi connectivity index (χ4n) is 4.75. The van der Waals surface area contributed by atoms with Crippen LogP contribution in [0.3, 0.4) is 0 Å². The highest BCUT2D eigenvalue weighted by Gasteiger charge is 2.30. The number of nitrogens with zero attached hydrogens (tertiary/aromatic N) is 3. The van der Waals surface area contributed by atoms with E-state index < -0.39 is 11.9 Å². The van der Waals surface area contributed by atoms with E-state index in [0.717, 1.165) is 16.7 Å². The summed E-state index contributed by atoms with van der Waals surface area (Å²) in [6.07, 6.45) is 2.91. The summed E-state index contributed by atoms with van der Waals surface area (Å²) in [4.78, 5) is 41.9. The molecule has 0 saturated carbocycles. The Morgan fingerprint density at radius 2 is 1.92 bits per heavy atom. The first kappa shape index (κ1) is 27.0. The Kier molecular flexibility index (Phi) is 8.20. The first-order chi connectivity index (χ1) is 18.4. The van der Waals surface area contributed by atoms with Gasteiger partial charge < -0.3 is 24.4 Å². The number of ether oxygens (including phenoxy) is 3. The molecule has 3 aromatic rings. The van der Waals surface area contributed by atoms with Crippen molar-refractivity contribution in [2.24, 2.45) is 12.4 Å². The lowest BCUT2D eigenvalue weighted by Crippen LogP contribution is -2.30. The summed E-state index contributed by atoms with van der Waals surface area (Å²) < 4.78 is 18.4. The molecule has 4 rings (SSSR count). The van der Waals surface area contributed by atoms with E-state index in [1.54, 1.807) is 40.5 Å². The topological polar surface area (TPSA) is 130 Å². The predicted octanol–water partition coefficient (Wildman–Crippen LogP) is 3.81. The summed E-state index contributed by atoms with van der Waals surface area (Å²) in [6, 6.07) is 8.17. The van der Waals surface area contributed by atoms with E-state index >= 15 is 0 Å². The van der Waals surface area contributed by atoms with Crippen LogP contribution < -0.4 is 25.0 Å². The molecular formula is C26H28N4O7S. The van der Waals surface area contributed by atoms with E-state index in [-0.39, 0.29) is 17.7 Å². The van der Waals surface area contributed by atoms with Gasteiger partial charge in [0.15, 0.2) is 28.9 Å². The van der Waals surface area contributed by atoms with Gasteiger partial charge in [0.05, 0.1) is 32.3 Å². The second kappa shape index (κ2) is 11.5. The molecule has 38 heavy (non-hydrogen) atoms. The normalized spacial score (nSPS) is 14.0. The summed E-state index contributed by atoms with van der Waals surface area (Å²) in [5.74, 6) is 1.06. The van der Waals surface area contributed by atoms with Crippen molar-refractivity contribution < 1.29 is 23.8 Å². The summed E-state index contributed by atoms with van der Waals surface area (Å²) in [5.41, 5.74) is 3.61. The number of hydrogen-bond acceptors (Lipinski definition) is 10. The third-order valence-electron chi connectivity index (χ3n) is 6.45. The minimum Gasteiger partial charge on any atom is -0.493 e. The van der Waals surface area contributed by atoms with Crippen LogP contribution in [0.15, 0.2) is 45.4 Å². The smallest absolute Gasteiger partial charge is 0.270 e. The number of fused-ring (bicyclic) bond motifs is 3. The maximum atomic E-state index is 13.4. The van der Waals surface area contributed by atoms with Crippen LogP contribution in [0.5, 0.6) is 17.2 Å². The third kappa shape index (κ3) is 5.03. The molecule has 0 radical (unpaired) electrons. The number of aromatic nitrogens is 2. The van der Waals surface area contributed by atoms with Gasteiger partial charge in [-0.3, -0.25) is 14.3 Å². The van der Waals surface area contributed by atoms with Gasteiger partial charge in [-0.1, -0.05) is 6.07 Å². The summed E-state index contributed by atoms with van der Waals surface area (Å²) >= 11 is 1.35. The Labute approximate surface area is 223 Å². The molecule has 2 aromatic carbocycles. The molecule has 0 aliphatic heterocycles. The van der Waals surface area contributed by atoms with Crippen LogP contribution in [0.25, 0.3) is 11.1 Å². The molecule has 1 N–H and O–H groups in total. The third-order valence-corrected chi connectivity index (χ3v) is 7.23. The summed E-state index contributed by atoms with van der Waals surface area (Å²) in [7, 11) is 6.27. The SMILES string of the molecule is COc1cc2c(c(OC)c1OC)-c1ccc(SC)c(=O)cc1[C@@H](NC(=O)c1cc(CON=O)nn1C)CC2. The van der Waals surface area contributed by atoms with Crippen LogP contribution in [0, 0.1) is 4.91 Å². The predicted molar refractivity (Wildman–Crippen MR) is 142 cm³/mol. The van der Waals surface area contributed by atoms with Gasteiger partial charge in [-0.15, -0.1) is 16.7 Å². The Bertz CT molecular complexity index is 1440. The summed E-state index contributed by atoms with van der Waals surface area (Å²) in [5, 5.41) is 9.65. The first-order valence-corrected chi connectivity index (χ1v) is 12.9. The van der Waals surface area contributed by atoms with Gasteiger partial charge >= 0.3 is 0 Å². The maximum absolute atomic E-state index is 13.4. The van der Waals surface area contributed by atoms with E-state index in [2.05, 4.69) is 20.6 Å². The molecule has 1 aliphatic carbocycles. The van der Waals surface area contributed by atoms with Crippen LogP contribution in [-0.2, 0) is 24.9 Å². The van der Waals surface area contributed by atoms with E-state index in [1.165, 1.54) is 22.5 Å². The standard InChI is InChI=1S/C26H28N4O7S/c1-30-19(11-15(28-30)13-37-29-33)26(32)27-18-8-6-14-10-21(34-2)24(35-3)25(36-4)23(14)16-7-9-22(38-5)20(31)12-17(16)18/h7,9-12,18H,6,8,13H2,1-5H3,(H,27,32)/t18-/m0/s1. The lowest BCUT2D eigenvalue weighted by Gasteiger charge is -2.20. The Morgan fingerprint density at radius 1 is 1.16 bits per heavy atom. The van der Waals surface area contributed by atoms with Gasteiger partial charge in [-0.2, -0.15) is 5.10 Å². The second-order valence-electron chi connectivity index (χ2n) is 8.52. The number of amides is 1. The number of aryl methyl sites for hydroxylation is 2. The second-order valence-corrected chi connectivity index (χ2v) is 9.36. The van der Waals surface area contributed by atoms with Crippen molar-refractivity contribution in [2.45, 2.75) is 30.4 Å². The first-order valence-electron chi connectivity index (χ1n) is 11.7. The van der Waals surface area contributed by atoms with Crippen LogP contribution in [0.2, 0.25) is 0 Å². The fourth-order valence-corrected chi connectivity index (χ4v) is 5.22. The molecule has 200 valence electrons. The molecule has 0 fully saturated rings. The molecular weight excluding hydrogens is 512 g/mol. The molecule has 1 aliphatic rings. The Balaban J connectivity index is 1.86. The molecule has 0 spiro atoms. The van der Waals surface area contributed by atoms with Crippen molar-refractivity contribution in [3.05, 3.63) is 68.0 Å². The monoisotopic (exact) mass is 540 g/mol. The molecule has 1 aromatic heterocycles. The van der Waals surface area contributed by atoms with Crippen molar-refractivity contribution in [1.82, 2.24) is 15.1 Å². The molecule has 1 amide bonds. The van der Waals surface area contributed by atoms with Crippen LogP contribution in [-0.4, -0.2) is 43.3 Å². The number of hydrogen-bond donors (Lipinski definition) is 1. The van der Waals surface area contributed by atoms with Gasteiger partial charge in [0.2, 0.25) is 5.75 Å². The van der Waals surface area contributed by atoms with E-state index in [4.69, 9.17) is 14.2 Å². The van der Waals surface area contributed by atoms with E-state index in [1.807, 2.05) is 18.4 Å². The number of thioether (sulfide) groups is 1. The van der Waals surface area contributed by atoms with Gasteiger partial charge in [0.25, 0.3) is 5.91 Å². The molecule has 12 heteroatoms. The fraction of sp³-hybridized carbons (Fsp3) is 0.346. The van der Waals surface area contributed by atoms with Crippen LogP contribution in [0.1, 0.15) is 39.8 Å². The van der Waals surface area contributed by atoms with Crippen molar-refractivity contribution in [3.8, 4) is 28.4 Å². The van der Waals surface area contributed by atoms with Gasteiger partial charge in [-0.25, -0.2) is 0 Å². The van der Waals surface area contributed by atoms with Crippen molar-refractivity contribution >= 4 is 17.7 Å².